The van der Waals surface area contributed by atoms with E-state index in [9.17, 15) is 4.79 Å². The Morgan fingerprint density at radius 1 is 1.47 bits per heavy atom. The van der Waals surface area contributed by atoms with Gasteiger partial charge in [-0.1, -0.05) is 12.0 Å². The van der Waals surface area contributed by atoms with Crippen LogP contribution in [-0.2, 0) is 4.79 Å². The summed E-state index contributed by atoms with van der Waals surface area (Å²) in [5.74, 6) is 0.223. The van der Waals surface area contributed by atoms with Gasteiger partial charge in [-0.3, -0.25) is 4.79 Å². The number of alkyl halides is 1. The summed E-state index contributed by atoms with van der Waals surface area (Å²) in [6.07, 6.45) is 0.896. The van der Waals surface area contributed by atoms with E-state index in [4.69, 9.17) is 16.0 Å². The number of carbonyl (C=O) groups is 1. The van der Waals surface area contributed by atoms with Crippen molar-refractivity contribution < 1.29 is 9.21 Å². The van der Waals surface area contributed by atoms with E-state index < -0.39 is 6.04 Å². The van der Waals surface area contributed by atoms with E-state index in [1.165, 1.54) is 0 Å². The second kappa shape index (κ2) is 6.44. The zero-order valence-electron chi connectivity index (χ0n) is 10.2. The number of anilines is 1. The molecule has 7 heteroatoms. The average Bonchev–Trinajstić information content (AvgIpc) is 2.74. The lowest BCUT2D eigenvalue weighted by molar-refractivity contribution is -0.121. The lowest BCUT2D eigenvalue weighted by Gasteiger charge is -2.11. The minimum absolute atomic E-state index is 0.106. The number of halogens is 1. The number of carbonyl (C=O) groups excluding carboxylic acids is 1. The van der Waals surface area contributed by atoms with E-state index in [1.807, 2.05) is 6.92 Å². The normalized spacial score (nSPS) is 14.1. The fraction of sp³-hybridized carbons (Fsp3) is 0.700. The molecule has 0 saturated heterocycles. The van der Waals surface area contributed by atoms with Crippen LogP contribution >= 0.6 is 11.6 Å². The summed E-state index contributed by atoms with van der Waals surface area (Å²) in [6, 6.07) is -0.230. The third-order valence-electron chi connectivity index (χ3n) is 2.06. The van der Waals surface area contributed by atoms with Gasteiger partial charge in [-0.05, 0) is 20.3 Å². The first-order valence-electron chi connectivity index (χ1n) is 5.56. The first-order valence-corrected chi connectivity index (χ1v) is 6.00. The highest BCUT2D eigenvalue weighted by molar-refractivity contribution is 6.20. The van der Waals surface area contributed by atoms with Gasteiger partial charge in [0.15, 0.2) is 0 Å². The molecule has 6 nitrogen and oxygen atoms in total. The van der Waals surface area contributed by atoms with E-state index in [0.717, 1.165) is 6.42 Å². The van der Waals surface area contributed by atoms with Crippen molar-refractivity contribution in [2.75, 3.05) is 11.9 Å². The maximum absolute atomic E-state index is 11.6. The Balaban J connectivity index is 2.49. The molecule has 0 bridgehead atoms. The summed E-state index contributed by atoms with van der Waals surface area (Å²) >= 11 is 5.78. The van der Waals surface area contributed by atoms with E-state index >= 15 is 0 Å². The zero-order chi connectivity index (χ0) is 12.8. The molecule has 1 amide bonds. The number of aromatic nitrogens is 2. The van der Waals surface area contributed by atoms with Crippen molar-refractivity contribution in [1.29, 1.82) is 0 Å². The molecule has 0 fully saturated rings. The second-order valence-electron chi connectivity index (χ2n) is 3.72. The molecule has 0 spiro atoms. The van der Waals surface area contributed by atoms with Crippen LogP contribution < -0.4 is 10.6 Å². The van der Waals surface area contributed by atoms with Crippen molar-refractivity contribution in [3.63, 3.8) is 0 Å². The lowest BCUT2D eigenvalue weighted by Crippen LogP contribution is -2.37. The molecule has 2 atom stereocenters. The summed E-state index contributed by atoms with van der Waals surface area (Å²) in [6.45, 7) is 6.10. The summed E-state index contributed by atoms with van der Waals surface area (Å²) in [5.41, 5.74) is 0. The minimum Gasteiger partial charge on any atom is -0.406 e. The largest absolute Gasteiger partial charge is 0.406 e. The molecule has 2 N–H and O–H groups in total. The van der Waals surface area contributed by atoms with Gasteiger partial charge in [-0.2, -0.15) is 0 Å². The summed E-state index contributed by atoms with van der Waals surface area (Å²) in [4.78, 5) is 11.6. The number of nitrogens with zero attached hydrogens (tertiary/aromatic N) is 2. The van der Waals surface area contributed by atoms with Crippen LogP contribution in [-0.4, -0.2) is 28.7 Å². The van der Waals surface area contributed by atoms with Crippen molar-refractivity contribution >= 4 is 23.5 Å². The molecule has 0 saturated carbocycles. The van der Waals surface area contributed by atoms with Crippen molar-refractivity contribution in [2.45, 2.75) is 38.6 Å². The topological polar surface area (TPSA) is 80.0 Å². The first kappa shape index (κ1) is 13.8. The number of hydrogen-bond donors (Lipinski definition) is 2. The van der Waals surface area contributed by atoms with Crippen LogP contribution in [0.25, 0.3) is 0 Å². The van der Waals surface area contributed by atoms with Crippen LogP contribution in [0.1, 0.15) is 38.5 Å². The predicted molar refractivity (Wildman–Crippen MR) is 65.0 cm³/mol. The first-order chi connectivity index (χ1) is 8.04. The van der Waals surface area contributed by atoms with Crippen LogP contribution in [0.5, 0.6) is 0 Å². The minimum atomic E-state index is -0.430. The van der Waals surface area contributed by atoms with E-state index in [0.29, 0.717) is 12.4 Å². The van der Waals surface area contributed by atoms with Crippen LogP contribution in [0.15, 0.2) is 4.42 Å². The number of nitrogens with one attached hydrogen (secondary N) is 2. The van der Waals surface area contributed by atoms with Gasteiger partial charge in [0.2, 0.25) is 11.8 Å². The maximum Gasteiger partial charge on any atom is 0.316 e. The standard InChI is InChI=1S/C10H17ClN4O2/c1-4-5-12-8(16)7(3)13-10-15-14-9(17-10)6(2)11/h6-7H,4-5H2,1-3H3,(H,12,16)(H,13,15). The van der Waals surface area contributed by atoms with Gasteiger partial charge in [0, 0.05) is 6.54 Å². The Kier molecular flexibility index (Phi) is 5.21. The third kappa shape index (κ3) is 4.22. The fourth-order valence-corrected chi connectivity index (χ4v) is 1.19. The molecule has 2 unspecified atom stereocenters. The molecule has 1 aromatic heterocycles. The predicted octanol–water partition coefficient (Wildman–Crippen LogP) is 1.70. The zero-order valence-corrected chi connectivity index (χ0v) is 10.9. The van der Waals surface area contributed by atoms with Crippen LogP contribution in [0.4, 0.5) is 6.01 Å². The molecule has 0 aromatic carbocycles. The molecule has 1 heterocycles. The SMILES string of the molecule is CCCNC(=O)C(C)Nc1nnc(C(C)Cl)o1. The van der Waals surface area contributed by atoms with Gasteiger partial charge in [-0.25, -0.2) is 0 Å². The van der Waals surface area contributed by atoms with E-state index in [1.54, 1.807) is 13.8 Å². The number of hydrogen-bond acceptors (Lipinski definition) is 5. The highest BCUT2D eigenvalue weighted by atomic mass is 35.5. The van der Waals surface area contributed by atoms with Gasteiger partial charge < -0.3 is 15.1 Å². The Bertz CT molecular complexity index is 367. The van der Waals surface area contributed by atoms with Crippen LogP contribution in [0.3, 0.4) is 0 Å². The Morgan fingerprint density at radius 3 is 2.71 bits per heavy atom. The summed E-state index contributed by atoms with van der Waals surface area (Å²) < 4.78 is 5.23. The second-order valence-corrected chi connectivity index (χ2v) is 4.37. The average molecular weight is 261 g/mol. The highest BCUT2D eigenvalue weighted by Gasteiger charge is 2.16. The third-order valence-corrected chi connectivity index (χ3v) is 2.25. The smallest absolute Gasteiger partial charge is 0.316 e. The van der Waals surface area contributed by atoms with E-state index in [-0.39, 0.29) is 17.3 Å². The monoisotopic (exact) mass is 260 g/mol. The Labute approximate surface area is 105 Å². The Morgan fingerprint density at radius 2 is 2.18 bits per heavy atom. The lowest BCUT2D eigenvalue weighted by atomic mass is 10.3. The molecule has 17 heavy (non-hydrogen) atoms. The number of rotatable bonds is 6. The van der Waals surface area contributed by atoms with Crippen molar-refractivity contribution in [3.8, 4) is 0 Å². The van der Waals surface area contributed by atoms with Gasteiger partial charge >= 0.3 is 6.01 Å². The highest BCUT2D eigenvalue weighted by Crippen LogP contribution is 2.19. The molecule has 0 radical (unpaired) electrons. The summed E-state index contributed by atoms with van der Waals surface area (Å²) in [7, 11) is 0. The molecule has 96 valence electrons. The van der Waals surface area contributed by atoms with Crippen molar-refractivity contribution in [1.82, 2.24) is 15.5 Å². The molecular formula is C10H17ClN4O2. The van der Waals surface area contributed by atoms with Gasteiger partial charge in [0.05, 0.1) is 0 Å². The molecule has 1 rings (SSSR count). The molecular weight excluding hydrogens is 244 g/mol. The van der Waals surface area contributed by atoms with Crippen LogP contribution in [0.2, 0.25) is 0 Å². The Hall–Kier alpha value is -1.30. The fourth-order valence-electron chi connectivity index (χ4n) is 1.11. The van der Waals surface area contributed by atoms with Crippen molar-refractivity contribution in [3.05, 3.63) is 5.89 Å². The van der Waals surface area contributed by atoms with Gasteiger partial charge in [0.25, 0.3) is 0 Å². The van der Waals surface area contributed by atoms with Crippen molar-refractivity contribution in [2.24, 2.45) is 0 Å². The maximum atomic E-state index is 11.6. The molecule has 1 aromatic rings. The molecule has 0 aliphatic carbocycles. The molecule has 0 aliphatic heterocycles. The van der Waals surface area contributed by atoms with E-state index in [2.05, 4.69) is 20.8 Å². The van der Waals surface area contributed by atoms with Crippen LogP contribution in [0, 0.1) is 0 Å². The van der Waals surface area contributed by atoms with Gasteiger partial charge in [-0.15, -0.1) is 16.7 Å². The molecule has 0 aliphatic rings. The quantitative estimate of drug-likeness (QED) is 0.761. The summed E-state index contributed by atoms with van der Waals surface area (Å²) in [5, 5.41) is 12.7. The number of amides is 1. The van der Waals surface area contributed by atoms with Gasteiger partial charge in [0.1, 0.15) is 11.4 Å².